The zero-order valence-electron chi connectivity index (χ0n) is 18.7. The van der Waals surface area contributed by atoms with E-state index in [-0.39, 0.29) is 61.7 Å². The summed E-state index contributed by atoms with van der Waals surface area (Å²) >= 11 is 0. The molecule has 0 heterocycles. The summed E-state index contributed by atoms with van der Waals surface area (Å²) in [7, 11) is 0. The molecule has 4 rings (SSSR count). The second-order valence-electron chi connectivity index (χ2n) is 7.42. The summed E-state index contributed by atoms with van der Waals surface area (Å²) in [6.45, 7) is 1.73. The van der Waals surface area contributed by atoms with Crippen LogP contribution < -0.4 is 10.6 Å². The molecule has 0 saturated heterocycles. The predicted octanol–water partition coefficient (Wildman–Crippen LogP) is 7.43. The molecule has 4 aromatic carbocycles. The monoisotopic (exact) mass is 536 g/mol. The Hall–Kier alpha value is -2.04. The molecular formula is C28H32Cl4N2. The molecule has 4 aromatic rings. The lowest BCUT2D eigenvalue weighted by Gasteiger charge is -2.23. The molecule has 0 aliphatic carbocycles. The Bertz CT molecular complexity index is 840. The molecule has 0 fully saturated rings. The van der Waals surface area contributed by atoms with Crippen LogP contribution in [0.1, 0.15) is 34.3 Å². The van der Waals surface area contributed by atoms with Gasteiger partial charge in [-0.1, -0.05) is 121 Å². The van der Waals surface area contributed by atoms with E-state index < -0.39 is 0 Å². The molecule has 2 nitrogen and oxygen atoms in total. The van der Waals surface area contributed by atoms with E-state index in [1.165, 1.54) is 22.3 Å². The van der Waals surface area contributed by atoms with Crippen molar-refractivity contribution in [2.45, 2.75) is 12.1 Å². The Morgan fingerprint density at radius 1 is 0.353 bits per heavy atom. The lowest BCUT2D eigenvalue weighted by atomic mass is 9.98. The fourth-order valence-electron chi connectivity index (χ4n) is 3.87. The van der Waals surface area contributed by atoms with Crippen LogP contribution in [0.15, 0.2) is 121 Å². The predicted molar refractivity (Wildman–Crippen MR) is 154 cm³/mol. The minimum atomic E-state index is 0. The Balaban J connectivity index is 0.00000272. The van der Waals surface area contributed by atoms with Gasteiger partial charge in [0.2, 0.25) is 0 Å². The van der Waals surface area contributed by atoms with Crippen LogP contribution in [0.25, 0.3) is 0 Å². The van der Waals surface area contributed by atoms with Crippen molar-refractivity contribution in [3.05, 3.63) is 144 Å². The molecule has 0 radical (unpaired) electrons. The van der Waals surface area contributed by atoms with Crippen LogP contribution in [0.4, 0.5) is 0 Å². The number of nitrogens with one attached hydrogen (secondary N) is 2. The number of benzene rings is 4. The fourth-order valence-corrected chi connectivity index (χ4v) is 3.87. The highest BCUT2D eigenvalue weighted by atomic mass is 35.5. The summed E-state index contributed by atoms with van der Waals surface area (Å²) in [6, 6.07) is 43.0. The van der Waals surface area contributed by atoms with Crippen molar-refractivity contribution in [3.8, 4) is 0 Å². The maximum absolute atomic E-state index is 3.75. The van der Waals surface area contributed by atoms with Gasteiger partial charge in [-0.2, -0.15) is 0 Å². The van der Waals surface area contributed by atoms with Crippen LogP contribution in [0.5, 0.6) is 0 Å². The first-order chi connectivity index (χ1) is 14.9. The minimum absolute atomic E-state index is 0. The van der Waals surface area contributed by atoms with E-state index in [2.05, 4.69) is 132 Å². The fraction of sp³-hybridized carbons (Fsp3) is 0.143. The number of hydrogen-bond donors (Lipinski definition) is 2. The van der Waals surface area contributed by atoms with E-state index in [1.54, 1.807) is 0 Å². The highest BCUT2D eigenvalue weighted by Gasteiger charge is 2.15. The SMILES string of the molecule is Cl.Cl.Cl.Cl.c1ccc(C(NCCNC(c2ccccc2)c2ccccc2)c2ccccc2)cc1. The molecule has 0 aliphatic rings. The van der Waals surface area contributed by atoms with E-state index in [9.17, 15) is 0 Å². The number of halogens is 4. The first-order valence-electron chi connectivity index (χ1n) is 10.6. The summed E-state index contributed by atoms with van der Waals surface area (Å²) < 4.78 is 0. The van der Waals surface area contributed by atoms with E-state index in [1.807, 2.05) is 0 Å². The van der Waals surface area contributed by atoms with Gasteiger partial charge < -0.3 is 10.6 Å². The number of hydrogen-bond acceptors (Lipinski definition) is 2. The lowest BCUT2D eigenvalue weighted by molar-refractivity contribution is 0.537. The lowest BCUT2D eigenvalue weighted by Crippen LogP contribution is -2.33. The standard InChI is InChI=1S/C28H28N2.4ClH/c1-5-13-23(14-6-1)27(24-15-7-2-8-16-24)29-21-22-30-28(25-17-9-3-10-18-25)26-19-11-4-12-20-26;;;;/h1-20,27-30H,21-22H2;4*1H. The quantitative estimate of drug-likeness (QED) is 0.217. The van der Waals surface area contributed by atoms with Gasteiger partial charge in [0.15, 0.2) is 0 Å². The van der Waals surface area contributed by atoms with Gasteiger partial charge in [0, 0.05) is 13.1 Å². The molecule has 6 heteroatoms. The van der Waals surface area contributed by atoms with Gasteiger partial charge >= 0.3 is 0 Å². The molecule has 34 heavy (non-hydrogen) atoms. The Labute approximate surface area is 228 Å². The van der Waals surface area contributed by atoms with Crippen LogP contribution >= 0.6 is 49.6 Å². The van der Waals surface area contributed by atoms with Crippen molar-refractivity contribution in [2.75, 3.05) is 13.1 Å². The maximum Gasteiger partial charge on any atom is 0.0577 e. The average molecular weight is 538 g/mol. The molecule has 0 amide bonds. The van der Waals surface area contributed by atoms with Gasteiger partial charge in [-0.25, -0.2) is 0 Å². The molecule has 0 aromatic heterocycles. The van der Waals surface area contributed by atoms with E-state index >= 15 is 0 Å². The molecule has 0 atom stereocenters. The third-order valence-corrected chi connectivity index (χ3v) is 5.35. The second-order valence-corrected chi connectivity index (χ2v) is 7.42. The zero-order chi connectivity index (χ0) is 20.4. The number of rotatable bonds is 9. The van der Waals surface area contributed by atoms with Crippen LogP contribution in [0.2, 0.25) is 0 Å². The van der Waals surface area contributed by atoms with Crippen molar-refractivity contribution < 1.29 is 0 Å². The summed E-state index contributed by atoms with van der Waals surface area (Å²) in [5, 5.41) is 7.50. The summed E-state index contributed by atoms with van der Waals surface area (Å²) in [6.07, 6.45) is 0. The Morgan fingerprint density at radius 2 is 0.559 bits per heavy atom. The molecule has 0 spiro atoms. The minimum Gasteiger partial charge on any atom is -0.305 e. The topological polar surface area (TPSA) is 24.1 Å². The molecule has 0 aliphatic heterocycles. The average Bonchev–Trinajstić information content (AvgIpc) is 2.84. The van der Waals surface area contributed by atoms with Crippen molar-refractivity contribution in [1.29, 1.82) is 0 Å². The van der Waals surface area contributed by atoms with Gasteiger partial charge in [-0.15, -0.1) is 49.6 Å². The summed E-state index contributed by atoms with van der Waals surface area (Å²) in [5.41, 5.74) is 5.13. The Kier molecular flexibility index (Phi) is 16.4. The van der Waals surface area contributed by atoms with Gasteiger partial charge in [0.25, 0.3) is 0 Å². The van der Waals surface area contributed by atoms with E-state index in [0.717, 1.165) is 13.1 Å². The third kappa shape index (κ3) is 8.96. The van der Waals surface area contributed by atoms with Gasteiger partial charge in [0.1, 0.15) is 0 Å². The molecular weight excluding hydrogens is 506 g/mol. The van der Waals surface area contributed by atoms with E-state index in [0.29, 0.717) is 0 Å². The van der Waals surface area contributed by atoms with Crippen LogP contribution in [0, 0.1) is 0 Å². The van der Waals surface area contributed by atoms with Gasteiger partial charge in [-0.05, 0) is 22.3 Å². The molecule has 182 valence electrons. The largest absolute Gasteiger partial charge is 0.305 e. The maximum atomic E-state index is 3.75. The summed E-state index contributed by atoms with van der Waals surface area (Å²) in [5.74, 6) is 0. The highest BCUT2D eigenvalue weighted by molar-refractivity contribution is 5.86. The third-order valence-electron chi connectivity index (χ3n) is 5.35. The van der Waals surface area contributed by atoms with Crippen LogP contribution in [0.3, 0.4) is 0 Å². The summed E-state index contributed by atoms with van der Waals surface area (Å²) in [4.78, 5) is 0. The van der Waals surface area contributed by atoms with Crippen LogP contribution in [-0.2, 0) is 0 Å². The van der Waals surface area contributed by atoms with Gasteiger partial charge in [-0.3, -0.25) is 0 Å². The molecule has 0 unspecified atom stereocenters. The van der Waals surface area contributed by atoms with Crippen molar-refractivity contribution >= 4 is 49.6 Å². The van der Waals surface area contributed by atoms with Gasteiger partial charge in [0.05, 0.1) is 12.1 Å². The smallest absolute Gasteiger partial charge is 0.0577 e. The normalized spacial score (nSPS) is 9.82. The van der Waals surface area contributed by atoms with Crippen molar-refractivity contribution in [2.24, 2.45) is 0 Å². The molecule has 0 bridgehead atoms. The van der Waals surface area contributed by atoms with E-state index in [4.69, 9.17) is 0 Å². The molecule has 0 saturated carbocycles. The van der Waals surface area contributed by atoms with Crippen molar-refractivity contribution in [3.63, 3.8) is 0 Å². The second kappa shape index (κ2) is 17.4. The van der Waals surface area contributed by atoms with Crippen molar-refractivity contribution in [1.82, 2.24) is 10.6 Å². The Morgan fingerprint density at radius 3 is 0.765 bits per heavy atom. The highest BCUT2D eigenvalue weighted by Crippen LogP contribution is 2.23. The first kappa shape index (κ1) is 32.0. The first-order valence-corrected chi connectivity index (χ1v) is 10.6. The molecule has 2 N–H and O–H groups in total. The zero-order valence-corrected chi connectivity index (χ0v) is 22.0. The van der Waals surface area contributed by atoms with Crippen LogP contribution in [-0.4, -0.2) is 13.1 Å².